The van der Waals surface area contributed by atoms with Crippen molar-refractivity contribution in [3.63, 3.8) is 0 Å². The Morgan fingerprint density at radius 3 is 2.82 bits per heavy atom. The third-order valence-electron chi connectivity index (χ3n) is 2.17. The van der Waals surface area contributed by atoms with Crippen molar-refractivity contribution in [3.8, 4) is 5.88 Å². The van der Waals surface area contributed by atoms with Gasteiger partial charge in [0.1, 0.15) is 5.82 Å². The van der Waals surface area contributed by atoms with Gasteiger partial charge in [-0.05, 0) is 31.2 Å². The molecule has 2 rings (SSSR count). The number of anilines is 3. The molecular weight excluding hydrogens is 214 g/mol. The summed E-state index contributed by atoms with van der Waals surface area (Å²) in [7, 11) is 0. The number of hydrogen-bond acceptors (Lipinski definition) is 4. The molecule has 0 amide bonds. The zero-order valence-corrected chi connectivity index (χ0v) is 9.68. The maximum Gasteiger partial charge on any atom is 0.215 e. The van der Waals surface area contributed by atoms with Crippen LogP contribution in [0.25, 0.3) is 0 Å². The van der Waals surface area contributed by atoms with E-state index in [1.807, 2.05) is 49.4 Å². The number of nitrogen functional groups attached to an aromatic ring is 1. The molecule has 1 aromatic carbocycles. The van der Waals surface area contributed by atoms with Crippen molar-refractivity contribution in [1.29, 1.82) is 0 Å². The number of pyridine rings is 1. The van der Waals surface area contributed by atoms with Gasteiger partial charge >= 0.3 is 0 Å². The van der Waals surface area contributed by atoms with Crippen molar-refractivity contribution < 1.29 is 4.74 Å². The average Bonchev–Trinajstić information content (AvgIpc) is 2.30. The van der Waals surface area contributed by atoms with Gasteiger partial charge in [-0.25, -0.2) is 0 Å². The van der Waals surface area contributed by atoms with Crippen LogP contribution in [-0.2, 0) is 0 Å². The molecule has 4 heteroatoms. The largest absolute Gasteiger partial charge is 0.478 e. The quantitative estimate of drug-likeness (QED) is 0.791. The molecule has 3 N–H and O–H groups in total. The van der Waals surface area contributed by atoms with E-state index < -0.39 is 0 Å². The van der Waals surface area contributed by atoms with Gasteiger partial charge in [0, 0.05) is 17.4 Å². The van der Waals surface area contributed by atoms with Crippen molar-refractivity contribution in [2.75, 3.05) is 17.7 Å². The minimum absolute atomic E-state index is 0.606. The second-order valence-corrected chi connectivity index (χ2v) is 3.54. The maximum absolute atomic E-state index is 5.70. The smallest absolute Gasteiger partial charge is 0.215 e. The standard InChI is InChI=1S/C13H15N3O/c1-2-17-13-8-4-7-12(16-13)15-11-6-3-5-10(14)9-11/h3-9H,2,14H2,1H3,(H,15,16). The average molecular weight is 229 g/mol. The molecule has 1 aromatic heterocycles. The summed E-state index contributed by atoms with van der Waals surface area (Å²) in [6.45, 7) is 2.54. The molecule has 0 bridgehead atoms. The topological polar surface area (TPSA) is 60.2 Å². The van der Waals surface area contributed by atoms with Gasteiger partial charge in [-0.1, -0.05) is 12.1 Å². The molecule has 0 radical (unpaired) electrons. The zero-order valence-electron chi connectivity index (χ0n) is 9.68. The van der Waals surface area contributed by atoms with Crippen LogP contribution in [0.2, 0.25) is 0 Å². The van der Waals surface area contributed by atoms with Gasteiger partial charge < -0.3 is 15.8 Å². The number of nitrogens with two attached hydrogens (primary N) is 1. The SMILES string of the molecule is CCOc1cccc(Nc2cccc(N)c2)n1. The molecular formula is C13H15N3O. The minimum atomic E-state index is 0.606. The van der Waals surface area contributed by atoms with Gasteiger partial charge in [0.05, 0.1) is 6.61 Å². The Bertz CT molecular complexity index is 500. The van der Waals surface area contributed by atoms with E-state index in [0.29, 0.717) is 12.5 Å². The van der Waals surface area contributed by atoms with Gasteiger partial charge in [0.2, 0.25) is 5.88 Å². The molecule has 2 aromatic rings. The molecule has 88 valence electrons. The highest BCUT2D eigenvalue weighted by Crippen LogP contribution is 2.18. The van der Waals surface area contributed by atoms with Crippen molar-refractivity contribution in [3.05, 3.63) is 42.5 Å². The zero-order chi connectivity index (χ0) is 12.1. The third kappa shape index (κ3) is 3.11. The van der Waals surface area contributed by atoms with E-state index >= 15 is 0 Å². The Morgan fingerprint density at radius 2 is 2.06 bits per heavy atom. The van der Waals surface area contributed by atoms with Crippen LogP contribution < -0.4 is 15.8 Å². The van der Waals surface area contributed by atoms with Crippen molar-refractivity contribution in [2.24, 2.45) is 0 Å². The first-order valence-electron chi connectivity index (χ1n) is 5.50. The summed E-state index contributed by atoms with van der Waals surface area (Å²) in [5.74, 6) is 1.35. The normalized spacial score (nSPS) is 9.94. The Morgan fingerprint density at radius 1 is 1.24 bits per heavy atom. The van der Waals surface area contributed by atoms with E-state index in [0.717, 1.165) is 17.2 Å². The van der Waals surface area contributed by atoms with Gasteiger partial charge in [0.15, 0.2) is 0 Å². The molecule has 4 nitrogen and oxygen atoms in total. The van der Waals surface area contributed by atoms with E-state index in [2.05, 4.69) is 10.3 Å². The van der Waals surface area contributed by atoms with Gasteiger partial charge in [0.25, 0.3) is 0 Å². The molecule has 0 aliphatic rings. The summed E-state index contributed by atoms with van der Waals surface area (Å²) in [5.41, 5.74) is 7.33. The number of ether oxygens (including phenoxy) is 1. The lowest BCUT2D eigenvalue weighted by molar-refractivity contribution is 0.327. The number of aromatic nitrogens is 1. The molecule has 0 spiro atoms. The molecule has 0 unspecified atom stereocenters. The Labute approximate surface area is 100 Å². The second kappa shape index (κ2) is 5.21. The first kappa shape index (κ1) is 11.3. The van der Waals surface area contributed by atoms with E-state index in [1.165, 1.54) is 0 Å². The van der Waals surface area contributed by atoms with Crippen LogP contribution in [-0.4, -0.2) is 11.6 Å². The maximum atomic E-state index is 5.70. The van der Waals surface area contributed by atoms with Crippen LogP contribution in [0.1, 0.15) is 6.92 Å². The number of nitrogens with zero attached hydrogens (tertiary/aromatic N) is 1. The molecule has 0 aliphatic carbocycles. The Balaban J connectivity index is 2.15. The van der Waals surface area contributed by atoms with Crippen LogP contribution in [0.5, 0.6) is 5.88 Å². The summed E-state index contributed by atoms with van der Waals surface area (Å²) in [6.07, 6.45) is 0. The molecule has 17 heavy (non-hydrogen) atoms. The fraction of sp³-hybridized carbons (Fsp3) is 0.154. The highest BCUT2D eigenvalue weighted by atomic mass is 16.5. The predicted molar refractivity (Wildman–Crippen MR) is 69.5 cm³/mol. The number of rotatable bonds is 4. The third-order valence-corrected chi connectivity index (χ3v) is 2.17. The molecule has 0 aliphatic heterocycles. The van der Waals surface area contributed by atoms with E-state index in [-0.39, 0.29) is 0 Å². The number of hydrogen-bond donors (Lipinski definition) is 2. The predicted octanol–water partition coefficient (Wildman–Crippen LogP) is 2.81. The lowest BCUT2D eigenvalue weighted by Crippen LogP contribution is -1.98. The Kier molecular flexibility index (Phi) is 3.45. The van der Waals surface area contributed by atoms with Crippen LogP contribution in [0, 0.1) is 0 Å². The first-order chi connectivity index (χ1) is 8.28. The number of benzene rings is 1. The van der Waals surface area contributed by atoms with Gasteiger partial charge in [-0.3, -0.25) is 0 Å². The lowest BCUT2D eigenvalue weighted by atomic mass is 10.3. The first-order valence-corrected chi connectivity index (χ1v) is 5.50. The fourth-order valence-electron chi connectivity index (χ4n) is 1.48. The van der Waals surface area contributed by atoms with E-state index in [1.54, 1.807) is 0 Å². The monoisotopic (exact) mass is 229 g/mol. The highest BCUT2D eigenvalue weighted by molar-refractivity contribution is 5.61. The molecule has 0 saturated heterocycles. The van der Waals surface area contributed by atoms with Crippen LogP contribution in [0.3, 0.4) is 0 Å². The Hall–Kier alpha value is -2.23. The summed E-state index contributed by atoms with van der Waals surface area (Å²) in [6, 6.07) is 13.1. The van der Waals surface area contributed by atoms with Crippen LogP contribution in [0.15, 0.2) is 42.5 Å². The van der Waals surface area contributed by atoms with Crippen LogP contribution >= 0.6 is 0 Å². The van der Waals surface area contributed by atoms with E-state index in [9.17, 15) is 0 Å². The van der Waals surface area contributed by atoms with Crippen LogP contribution in [0.4, 0.5) is 17.2 Å². The second-order valence-electron chi connectivity index (χ2n) is 3.54. The fourth-order valence-corrected chi connectivity index (χ4v) is 1.48. The van der Waals surface area contributed by atoms with Gasteiger partial charge in [-0.15, -0.1) is 0 Å². The van der Waals surface area contributed by atoms with Gasteiger partial charge in [-0.2, -0.15) is 4.98 Å². The molecule has 0 atom stereocenters. The van der Waals surface area contributed by atoms with Crippen molar-refractivity contribution in [2.45, 2.75) is 6.92 Å². The molecule has 0 fully saturated rings. The summed E-state index contributed by atoms with van der Waals surface area (Å²) in [5, 5.41) is 3.17. The summed E-state index contributed by atoms with van der Waals surface area (Å²) >= 11 is 0. The molecule has 1 heterocycles. The minimum Gasteiger partial charge on any atom is -0.478 e. The van der Waals surface area contributed by atoms with E-state index in [4.69, 9.17) is 10.5 Å². The summed E-state index contributed by atoms with van der Waals surface area (Å²) < 4.78 is 5.33. The number of nitrogens with one attached hydrogen (secondary N) is 1. The lowest BCUT2D eigenvalue weighted by Gasteiger charge is -2.08. The van der Waals surface area contributed by atoms with Crippen molar-refractivity contribution >= 4 is 17.2 Å². The highest BCUT2D eigenvalue weighted by Gasteiger charge is 1.99. The summed E-state index contributed by atoms with van der Waals surface area (Å²) in [4.78, 5) is 4.31. The molecule has 0 saturated carbocycles. The van der Waals surface area contributed by atoms with Crippen molar-refractivity contribution in [1.82, 2.24) is 4.98 Å².